The van der Waals surface area contributed by atoms with Crippen LogP contribution in [0.25, 0.3) is 5.69 Å². The highest BCUT2D eigenvalue weighted by Gasteiger charge is 2.43. The molecule has 0 radical (unpaired) electrons. The van der Waals surface area contributed by atoms with Crippen LogP contribution in [-0.4, -0.2) is 25.6 Å². The molecule has 168 valence electrons. The van der Waals surface area contributed by atoms with E-state index in [-0.39, 0.29) is 23.8 Å². The number of para-hydroxylation sites is 1. The molecule has 0 amide bonds. The number of nitrogens with zero attached hydrogens (tertiary/aromatic N) is 3. The summed E-state index contributed by atoms with van der Waals surface area (Å²) >= 11 is 5.65. The van der Waals surface area contributed by atoms with Gasteiger partial charge in [0.2, 0.25) is 0 Å². The van der Waals surface area contributed by atoms with Crippen molar-refractivity contribution in [2.24, 2.45) is 0 Å². The van der Waals surface area contributed by atoms with Crippen LogP contribution in [0.15, 0.2) is 54.7 Å². The zero-order chi connectivity index (χ0) is 23.2. The Labute approximate surface area is 191 Å². The van der Waals surface area contributed by atoms with E-state index in [1.807, 2.05) is 38.1 Å². The van der Waals surface area contributed by atoms with E-state index in [0.29, 0.717) is 5.11 Å². The maximum atomic E-state index is 13.8. The Bertz CT molecular complexity index is 1140. The number of alkyl halides is 3. The second-order valence-corrected chi connectivity index (χ2v) is 8.69. The third kappa shape index (κ3) is 3.77. The van der Waals surface area contributed by atoms with Crippen molar-refractivity contribution in [2.75, 3.05) is 0 Å². The first-order valence-electron chi connectivity index (χ1n) is 10.5. The van der Waals surface area contributed by atoms with Gasteiger partial charge in [0.15, 0.2) is 5.11 Å². The lowest BCUT2D eigenvalue weighted by Crippen LogP contribution is -2.35. The van der Waals surface area contributed by atoms with E-state index >= 15 is 0 Å². The first-order chi connectivity index (χ1) is 15.1. The Morgan fingerprint density at radius 3 is 2.38 bits per heavy atom. The summed E-state index contributed by atoms with van der Waals surface area (Å²) in [5.41, 5.74) is 2.72. The maximum absolute atomic E-state index is 13.8. The van der Waals surface area contributed by atoms with E-state index in [1.54, 1.807) is 16.8 Å². The number of benzene rings is 1. The second-order valence-electron chi connectivity index (χ2n) is 8.30. The van der Waals surface area contributed by atoms with Crippen LogP contribution < -0.4 is 5.32 Å². The molecule has 0 saturated carbocycles. The minimum absolute atomic E-state index is 0.0965. The standard InChI is InChI=1S/C24H25F3N4S/c1-14(2)30-22(21(29-23(30)32)19-10-7-8-12-28-19)17-13-15(3)31(16(17)4)20-11-6-5-9-18(20)24(25,26)27/h5-14,21-22H,1-4H3,(H,29,32)/t21-,22+/m0/s1. The van der Waals surface area contributed by atoms with Gasteiger partial charge >= 0.3 is 6.18 Å². The average molecular weight is 459 g/mol. The summed E-state index contributed by atoms with van der Waals surface area (Å²) < 4.78 is 42.9. The molecule has 8 heteroatoms. The number of aryl methyl sites for hydroxylation is 1. The summed E-state index contributed by atoms with van der Waals surface area (Å²) in [6.45, 7) is 7.81. The smallest absolute Gasteiger partial charge is 0.352 e. The van der Waals surface area contributed by atoms with Gasteiger partial charge in [-0.15, -0.1) is 0 Å². The quantitative estimate of drug-likeness (QED) is 0.495. The van der Waals surface area contributed by atoms with Gasteiger partial charge in [-0.1, -0.05) is 18.2 Å². The minimum Gasteiger partial charge on any atom is -0.352 e. The predicted octanol–water partition coefficient (Wildman–Crippen LogP) is 5.89. The van der Waals surface area contributed by atoms with E-state index in [1.165, 1.54) is 12.1 Å². The Hall–Kier alpha value is -2.87. The van der Waals surface area contributed by atoms with Crippen molar-refractivity contribution >= 4 is 17.3 Å². The molecule has 0 spiro atoms. The normalized spacial score (nSPS) is 19.0. The lowest BCUT2D eigenvalue weighted by atomic mass is 9.96. The first kappa shape index (κ1) is 22.3. The minimum atomic E-state index is -4.45. The molecule has 2 atom stereocenters. The number of nitrogens with one attached hydrogen (secondary N) is 1. The van der Waals surface area contributed by atoms with Crippen molar-refractivity contribution in [3.8, 4) is 5.69 Å². The van der Waals surface area contributed by atoms with Gasteiger partial charge in [-0.2, -0.15) is 13.2 Å². The van der Waals surface area contributed by atoms with Crippen molar-refractivity contribution in [1.29, 1.82) is 0 Å². The lowest BCUT2D eigenvalue weighted by molar-refractivity contribution is -0.137. The van der Waals surface area contributed by atoms with E-state index in [9.17, 15) is 13.2 Å². The van der Waals surface area contributed by atoms with Gasteiger partial charge < -0.3 is 14.8 Å². The first-order valence-corrected chi connectivity index (χ1v) is 10.9. The third-order valence-corrected chi connectivity index (χ3v) is 6.26. The SMILES string of the molecule is Cc1cc([C@@H]2[C@H](c3ccccn3)NC(=S)N2C(C)C)c(C)n1-c1ccccc1C(F)(F)F. The number of rotatable bonds is 4. The number of hydrogen-bond acceptors (Lipinski definition) is 2. The van der Waals surface area contributed by atoms with Crippen LogP contribution in [0.4, 0.5) is 13.2 Å². The molecular weight excluding hydrogens is 433 g/mol. The van der Waals surface area contributed by atoms with E-state index in [0.717, 1.165) is 28.7 Å². The molecule has 3 heterocycles. The molecule has 1 N–H and O–H groups in total. The molecule has 1 aromatic carbocycles. The number of halogens is 3. The molecule has 3 aromatic rings. The van der Waals surface area contributed by atoms with Gasteiger partial charge in [0.1, 0.15) is 0 Å². The predicted molar refractivity (Wildman–Crippen MR) is 123 cm³/mol. The monoisotopic (exact) mass is 458 g/mol. The molecule has 4 nitrogen and oxygen atoms in total. The molecular formula is C24H25F3N4S. The fraction of sp³-hybridized carbons (Fsp3) is 0.333. The Morgan fingerprint density at radius 2 is 1.75 bits per heavy atom. The highest BCUT2D eigenvalue weighted by Crippen LogP contribution is 2.43. The second kappa shape index (κ2) is 8.24. The van der Waals surface area contributed by atoms with E-state index < -0.39 is 11.7 Å². The van der Waals surface area contributed by atoms with Gasteiger partial charge in [0.25, 0.3) is 0 Å². The van der Waals surface area contributed by atoms with Crippen molar-refractivity contribution < 1.29 is 13.2 Å². The van der Waals surface area contributed by atoms with Crippen molar-refractivity contribution in [2.45, 2.75) is 52.0 Å². The average Bonchev–Trinajstić information content (AvgIpc) is 3.23. The number of pyridine rings is 1. The molecule has 1 saturated heterocycles. The van der Waals surface area contributed by atoms with Gasteiger partial charge in [0.05, 0.1) is 29.0 Å². The van der Waals surface area contributed by atoms with E-state index in [2.05, 4.69) is 29.0 Å². The number of hydrogen-bond donors (Lipinski definition) is 1. The number of aromatic nitrogens is 2. The Morgan fingerprint density at radius 1 is 1.06 bits per heavy atom. The van der Waals surface area contributed by atoms with Crippen LogP contribution in [0.5, 0.6) is 0 Å². The summed E-state index contributed by atoms with van der Waals surface area (Å²) in [6.07, 6.45) is -2.71. The Balaban J connectivity index is 1.89. The van der Waals surface area contributed by atoms with Crippen LogP contribution in [0, 0.1) is 13.8 Å². The van der Waals surface area contributed by atoms with Crippen molar-refractivity contribution in [1.82, 2.24) is 19.8 Å². The molecule has 32 heavy (non-hydrogen) atoms. The molecule has 1 aliphatic rings. The van der Waals surface area contributed by atoms with Gasteiger partial charge in [-0.25, -0.2) is 0 Å². The summed E-state index contributed by atoms with van der Waals surface area (Å²) in [7, 11) is 0. The summed E-state index contributed by atoms with van der Waals surface area (Å²) in [4.78, 5) is 6.63. The van der Waals surface area contributed by atoms with Crippen LogP contribution >= 0.6 is 12.2 Å². The zero-order valence-electron chi connectivity index (χ0n) is 18.3. The zero-order valence-corrected chi connectivity index (χ0v) is 19.1. The third-order valence-electron chi connectivity index (χ3n) is 5.93. The van der Waals surface area contributed by atoms with Gasteiger partial charge in [-0.05, 0) is 75.8 Å². The fourth-order valence-corrected chi connectivity index (χ4v) is 5.07. The molecule has 1 fully saturated rings. The largest absolute Gasteiger partial charge is 0.418 e. The fourth-order valence-electron chi connectivity index (χ4n) is 4.62. The lowest BCUT2D eigenvalue weighted by Gasteiger charge is -2.31. The summed E-state index contributed by atoms with van der Waals surface area (Å²) in [5.74, 6) is 0. The van der Waals surface area contributed by atoms with Gasteiger partial charge in [0, 0.05) is 23.6 Å². The van der Waals surface area contributed by atoms with E-state index in [4.69, 9.17) is 12.2 Å². The summed E-state index contributed by atoms with van der Waals surface area (Å²) in [5, 5.41) is 4.00. The van der Waals surface area contributed by atoms with Crippen molar-refractivity contribution in [3.63, 3.8) is 0 Å². The highest BCUT2D eigenvalue weighted by molar-refractivity contribution is 7.80. The number of thiocarbonyl (C=S) groups is 1. The molecule has 0 aliphatic carbocycles. The molecule has 2 aromatic heterocycles. The van der Waals surface area contributed by atoms with Crippen molar-refractivity contribution in [3.05, 3.63) is 82.9 Å². The topological polar surface area (TPSA) is 33.1 Å². The molecule has 0 unspecified atom stereocenters. The summed E-state index contributed by atoms with van der Waals surface area (Å²) in [6, 6.07) is 13.1. The molecule has 0 bridgehead atoms. The molecule has 1 aliphatic heterocycles. The van der Waals surface area contributed by atoms with Gasteiger partial charge in [-0.3, -0.25) is 4.98 Å². The maximum Gasteiger partial charge on any atom is 0.418 e. The Kier molecular flexibility index (Phi) is 5.75. The van der Waals surface area contributed by atoms with Crippen LogP contribution in [0.3, 0.4) is 0 Å². The molecule has 4 rings (SSSR count). The van der Waals surface area contributed by atoms with Crippen LogP contribution in [0.2, 0.25) is 0 Å². The highest BCUT2D eigenvalue weighted by atomic mass is 32.1. The van der Waals surface area contributed by atoms with Crippen LogP contribution in [0.1, 0.15) is 54.1 Å². The van der Waals surface area contributed by atoms with Crippen LogP contribution in [-0.2, 0) is 6.18 Å².